The van der Waals surface area contributed by atoms with Crippen LogP contribution < -0.4 is 15.0 Å². The molecule has 3 rings (SSSR count). The van der Waals surface area contributed by atoms with Gasteiger partial charge >= 0.3 is 6.03 Å². The first kappa shape index (κ1) is 23.7. The van der Waals surface area contributed by atoms with Crippen LogP contribution in [0.1, 0.15) is 51.0 Å². The summed E-state index contributed by atoms with van der Waals surface area (Å²) in [5.74, 6) is -0.821. The molecule has 0 spiro atoms. The number of amides is 4. The fraction of sp³-hybridized carbons (Fsp3) is 0.320. The summed E-state index contributed by atoms with van der Waals surface area (Å²) in [6.45, 7) is 2.75. The number of benzene rings is 2. The molecule has 1 aliphatic rings. The van der Waals surface area contributed by atoms with Gasteiger partial charge in [0.2, 0.25) is 0 Å². The minimum atomic E-state index is -0.767. The minimum Gasteiger partial charge on any atom is -0.493 e. The molecular formula is C25H27BrN2O4. The normalized spacial score (nSPS) is 15.2. The van der Waals surface area contributed by atoms with Crippen LogP contribution in [0.5, 0.6) is 5.75 Å². The molecule has 1 saturated heterocycles. The van der Waals surface area contributed by atoms with Gasteiger partial charge in [0, 0.05) is 10.0 Å². The zero-order valence-corrected chi connectivity index (χ0v) is 19.7. The van der Waals surface area contributed by atoms with Crippen LogP contribution in [-0.4, -0.2) is 24.5 Å². The Morgan fingerprint density at radius 3 is 2.44 bits per heavy atom. The summed E-state index contributed by atoms with van der Waals surface area (Å²) in [4.78, 5) is 38.8. The Balaban J connectivity index is 1.78. The van der Waals surface area contributed by atoms with Crippen molar-refractivity contribution in [2.24, 2.45) is 0 Å². The summed E-state index contributed by atoms with van der Waals surface area (Å²) in [5.41, 5.74) is 0.851. The van der Waals surface area contributed by atoms with Crippen molar-refractivity contribution in [2.45, 2.75) is 45.4 Å². The monoisotopic (exact) mass is 498 g/mol. The Morgan fingerprint density at radius 2 is 1.69 bits per heavy atom. The van der Waals surface area contributed by atoms with E-state index in [9.17, 15) is 14.4 Å². The molecule has 2 aromatic carbocycles. The second-order valence-electron chi connectivity index (χ2n) is 7.59. The highest BCUT2D eigenvalue weighted by atomic mass is 79.9. The third kappa shape index (κ3) is 6.07. The van der Waals surface area contributed by atoms with Crippen molar-refractivity contribution in [1.29, 1.82) is 0 Å². The third-order valence-corrected chi connectivity index (χ3v) is 5.64. The Morgan fingerprint density at radius 1 is 0.969 bits per heavy atom. The van der Waals surface area contributed by atoms with Gasteiger partial charge in [-0.05, 0) is 42.8 Å². The first-order valence-electron chi connectivity index (χ1n) is 10.9. The van der Waals surface area contributed by atoms with Gasteiger partial charge in [0.05, 0.1) is 12.3 Å². The molecule has 7 heteroatoms. The lowest BCUT2D eigenvalue weighted by Crippen LogP contribution is -2.54. The second-order valence-corrected chi connectivity index (χ2v) is 8.51. The summed E-state index contributed by atoms with van der Waals surface area (Å²) in [6, 6.07) is 13.2. The van der Waals surface area contributed by atoms with Gasteiger partial charge in [0.25, 0.3) is 11.8 Å². The van der Waals surface area contributed by atoms with Crippen LogP contribution in [0.25, 0.3) is 6.08 Å². The highest BCUT2D eigenvalue weighted by molar-refractivity contribution is 9.10. The van der Waals surface area contributed by atoms with E-state index in [1.54, 1.807) is 42.5 Å². The molecule has 0 saturated carbocycles. The lowest BCUT2D eigenvalue weighted by molar-refractivity contribution is -0.122. The van der Waals surface area contributed by atoms with Crippen molar-refractivity contribution < 1.29 is 19.1 Å². The number of para-hydroxylation sites is 1. The van der Waals surface area contributed by atoms with Crippen LogP contribution in [0.4, 0.5) is 10.5 Å². The molecule has 0 unspecified atom stereocenters. The molecule has 1 fully saturated rings. The minimum absolute atomic E-state index is 0.129. The number of nitrogens with zero attached hydrogens (tertiary/aromatic N) is 1. The fourth-order valence-corrected chi connectivity index (χ4v) is 3.83. The van der Waals surface area contributed by atoms with E-state index >= 15 is 0 Å². The summed E-state index contributed by atoms with van der Waals surface area (Å²) < 4.78 is 6.74. The topological polar surface area (TPSA) is 75.7 Å². The largest absolute Gasteiger partial charge is 0.493 e. The molecule has 0 bridgehead atoms. The molecule has 1 aliphatic heterocycles. The van der Waals surface area contributed by atoms with Crippen molar-refractivity contribution in [1.82, 2.24) is 5.32 Å². The van der Waals surface area contributed by atoms with E-state index in [2.05, 4.69) is 28.2 Å². The van der Waals surface area contributed by atoms with E-state index in [0.29, 0.717) is 23.6 Å². The third-order valence-electron chi connectivity index (χ3n) is 5.14. The number of ether oxygens (including phenoxy) is 1. The Kier molecular flexibility index (Phi) is 8.62. The lowest BCUT2D eigenvalue weighted by Gasteiger charge is -2.26. The molecule has 0 atom stereocenters. The second kappa shape index (κ2) is 11.6. The summed E-state index contributed by atoms with van der Waals surface area (Å²) in [5, 5.41) is 2.25. The van der Waals surface area contributed by atoms with E-state index in [-0.39, 0.29) is 5.57 Å². The highest BCUT2D eigenvalue weighted by Gasteiger charge is 2.36. The molecule has 0 aromatic heterocycles. The number of hydrogen-bond donors (Lipinski definition) is 1. The number of imide groups is 2. The van der Waals surface area contributed by atoms with Crippen molar-refractivity contribution in [3.8, 4) is 5.75 Å². The molecule has 32 heavy (non-hydrogen) atoms. The number of nitrogens with one attached hydrogen (secondary N) is 1. The van der Waals surface area contributed by atoms with Crippen LogP contribution >= 0.6 is 15.9 Å². The van der Waals surface area contributed by atoms with Gasteiger partial charge in [-0.25, -0.2) is 9.69 Å². The molecule has 1 N–H and O–H groups in total. The van der Waals surface area contributed by atoms with Gasteiger partial charge in [-0.1, -0.05) is 73.2 Å². The maximum atomic E-state index is 13.1. The average molecular weight is 499 g/mol. The van der Waals surface area contributed by atoms with E-state index in [4.69, 9.17) is 4.74 Å². The van der Waals surface area contributed by atoms with Crippen LogP contribution in [0, 0.1) is 0 Å². The predicted octanol–water partition coefficient (Wildman–Crippen LogP) is 5.85. The first-order chi connectivity index (χ1) is 15.5. The first-order valence-corrected chi connectivity index (χ1v) is 11.7. The quantitative estimate of drug-likeness (QED) is 0.253. The van der Waals surface area contributed by atoms with Crippen molar-refractivity contribution in [3.63, 3.8) is 0 Å². The Bertz CT molecular complexity index is 1000. The van der Waals surface area contributed by atoms with Gasteiger partial charge in [0.1, 0.15) is 11.3 Å². The number of anilines is 1. The van der Waals surface area contributed by atoms with Gasteiger partial charge in [-0.2, -0.15) is 0 Å². The number of barbiturate groups is 1. The molecule has 6 nitrogen and oxygen atoms in total. The number of carbonyl (C=O) groups excluding carboxylic acids is 3. The van der Waals surface area contributed by atoms with Crippen LogP contribution in [0.2, 0.25) is 0 Å². The predicted molar refractivity (Wildman–Crippen MR) is 128 cm³/mol. The zero-order chi connectivity index (χ0) is 22.9. The maximum absolute atomic E-state index is 13.1. The van der Waals surface area contributed by atoms with E-state index in [1.165, 1.54) is 31.8 Å². The molecular weight excluding hydrogens is 472 g/mol. The Hall–Kier alpha value is -2.93. The molecule has 1 heterocycles. The SMILES string of the molecule is CCCCCCCCOc1ccc(Br)cc1/C=C1/C(=O)NC(=O)N(c2ccccc2)C1=O. The number of hydrogen-bond acceptors (Lipinski definition) is 4. The van der Waals surface area contributed by atoms with Gasteiger partial charge in [-0.3, -0.25) is 14.9 Å². The molecule has 2 aromatic rings. The van der Waals surface area contributed by atoms with Crippen LogP contribution in [-0.2, 0) is 9.59 Å². The zero-order valence-electron chi connectivity index (χ0n) is 18.1. The van der Waals surface area contributed by atoms with Crippen molar-refractivity contribution in [2.75, 3.05) is 11.5 Å². The molecule has 0 radical (unpaired) electrons. The Labute approximate surface area is 196 Å². The molecule has 4 amide bonds. The van der Waals surface area contributed by atoms with Gasteiger partial charge in [-0.15, -0.1) is 0 Å². The summed E-state index contributed by atoms with van der Waals surface area (Å²) in [6.07, 6.45) is 8.40. The number of unbranched alkanes of at least 4 members (excludes halogenated alkanes) is 5. The van der Waals surface area contributed by atoms with E-state index < -0.39 is 17.8 Å². The summed E-state index contributed by atoms with van der Waals surface area (Å²) in [7, 11) is 0. The fourth-order valence-electron chi connectivity index (χ4n) is 3.45. The molecule has 0 aliphatic carbocycles. The van der Waals surface area contributed by atoms with Gasteiger partial charge < -0.3 is 4.74 Å². The van der Waals surface area contributed by atoms with Crippen LogP contribution in [0.3, 0.4) is 0 Å². The smallest absolute Gasteiger partial charge is 0.335 e. The number of halogens is 1. The number of carbonyl (C=O) groups is 3. The number of rotatable bonds is 10. The van der Waals surface area contributed by atoms with E-state index in [0.717, 1.165) is 22.2 Å². The van der Waals surface area contributed by atoms with Crippen molar-refractivity contribution in [3.05, 3.63) is 64.1 Å². The van der Waals surface area contributed by atoms with Crippen LogP contribution in [0.15, 0.2) is 58.6 Å². The van der Waals surface area contributed by atoms with Gasteiger partial charge in [0.15, 0.2) is 0 Å². The number of urea groups is 1. The lowest BCUT2D eigenvalue weighted by atomic mass is 10.1. The summed E-state index contributed by atoms with van der Waals surface area (Å²) >= 11 is 3.43. The van der Waals surface area contributed by atoms with E-state index in [1.807, 2.05) is 6.07 Å². The average Bonchev–Trinajstić information content (AvgIpc) is 2.78. The standard InChI is InChI=1S/C25H27BrN2O4/c1-2-3-4-5-6-10-15-32-22-14-13-19(26)16-18(22)17-21-23(29)27-25(31)28(24(21)30)20-11-8-7-9-12-20/h7-9,11-14,16-17H,2-6,10,15H2,1H3,(H,27,29,31)/b21-17-. The highest BCUT2D eigenvalue weighted by Crippen LogP contribution is 2.28. The maximum Gasteiger partial charge on any atom is 0.335 e. The van der Waals surface area contributed by atoms with Crippen molar-refractivity contribution >= 4 is 45.5 Å². The molecule has 168 valence electrons.